The lowest BCUT2D eigenvalue weighted by atomic mass is 10.3. The van der Waals surface area contributed by atoms with Crippen molar-refractivity contribution in [2.24, 2.45) is 0 Å². The van der Waals surface area contributed by atoms with Gasteiger partial charge in [0.05, 0.1) is 5.69 Å². The predicted molar refractivity (Wildman–Crippen MR) is 67.1 cm³/mol. The normalized spacial score (nSPS) is 19.0. The van der Waals surface area contributed by atoms with Crippen molar-refractivity contribution >= 4 is 15.7 Å². The zero-order valence-corrected chi connectivity index (χ0v) is 11.0. The van der Waals surface area contributed by atoms with Gasteiger partial charge in [-0.05, 0) is 25.2 Å². The molecule has 0 saturated carbocycles. The highest BCUT2D eigenvalue weighted by Gasteiger charge is 2.29. The Morgan fingerprint density at radius 1 is 1.22 bits per heavy atom. The molecule has 0 spiro atoms. The van der Waals surface area contributed by atoms with E-state index in [1.807, 2.05) is 11.9 Å². The summed E-state index contributed by atoms with van der Waals surface area (Å²) in [6.07, 6.45) is 0. The third-order valence-electron chi connectivity index (χ3n) is 3.06. The van der Waals surface area contributed by atoms with Crippen LogP contribution in [-0.2, 0) is 10.0 Å². The van der Waals surface area contributed by atoms with E-state index in [4.69, 9.17) is 5.73 Å². The van der Waals surface area contributed by atoms with Gasteiger partial charge in [-0.15, -0.1) is 0 Å². The summed E-state index contributed by atoms with van der Waals surface area (Å²) < 4.78 is 39.2. The van der Waals surface area contributed by atoms with Crippen LogP contribution in [0.5, 0.6) is 0 Å². The van der Waals surface area contributed by atoms with Gasteiger partial charge in [-0.25, -0.2) is 12.8 Å². The molecule has 0 aliphatic carbocycles. The van der Waals surface area contributed by atoms with E-state index in [0.29, 0.717) is 26.2 Å². The molecule has 0 radical (unpaired) electrons. The van der Waals surface area contributed by atoms with Gasteiger partial charge in [0.15, 0.2) is 0 Å². The second-order valence-corrected chi connectivity index (χ2v) is 6.30. The lowest BCUT2D eigenvalue weighted by Crippen LogP contribution is -2.47. The van der Waals surface area contributed by atoms with Crippen LogP contribution < -0.4 is 5.73 Å². The minimum atomic E-state index is -3.70. The summed E-state index contributed by atoms with van der Waals surface area (Å²) in [6.45, 7) is 2.12. The molecule has 1 aliphatic heterocycles. The Kier molecular flexibility index (Phi) is 3.56. The fraction of sp³-hybridized carbons (Fsp3) is 0.455. The summed E-state index contributed by atoms with van der Waals surface area (Å²) in [4.78, 5) is 1.90. The number of rotatable bonds is 2. The van der Waals surface area contributed by atoms with Crippen molar-refractivity contribution in [1.29, 1.82) is 0 Å². The average Bonchev–Trinajstić information content (AvgIpc) is 2.32. The number of nitrogens with zero attached hydrogens (tertiary/aromatic N) is 2. The largest absolute Gasteiger partial charge is 0.398 e. The second-order valence-electron chi connectivity index (χ2n) is 4.39. The van der Waals surface area contributed by atoms with Gasteiger partial charge in [-0.3, -0.25) is 0 Å². The maximum atomic E-state index is 13.2. The van der Waals surface area contributed by atoms with Gasteiger partial charge in [0.1, 0.15) is 10.7 Å². The quantitative estimate of drug-likeness (QED) is 0.789. The van der Waals surface area contributed by atoms with Crippen LogP contribution in [0.15, 0.2) is 23.1 Å². The Balaban J connectivity index is 2.33. The third-order valence-corrected chi connectivity index (χ3v) is 5.01. The second kappa shape index (κ2) is 4.83. The van der Waals surface area contributed by atoms with Gasteiger partial charge in [0, 0.05) is 26.2 Å². The lowest BCUT2D eigenvalue weighted by Gasteiger charge is -2.31. The van der Waals surface area contributed by atoms with Crippen molar-refractivity contribution in [3.63, 3.8) is 0 Å². The first kappa shape index (κ1) is 13.3. The zero-order valence-electron chi connectivity index (χ0n) is 10.1. The van der Waals surface area contributed by atoms with Gasteiger partial charge >= 0.3 is 0 Å². The van der Waals surface area contributed by atoms with Crippen LogP contribution in [0, 0.1) is 5.82 Å². The molecular formula is C11H16FN3O2S. The summed E-state index contributed by atoms with van der Waals surface area (Å²) >= 11 is 0. The highest BCUT2D eigenvalue weighted by molar-refractivity contribution is 7.89. The first-order chi connectivity index (χ1) is 8.41. The summed E-state index contributed by atoms with van der Waals surface area (Å²) in [5.74, 6) is -0.600. The van der Waals surface area contributed by atoms with Crippen LogP contribution >= 0.6 is 0 Å². The van der Waals surface area contributed by atoms with E-state index >= 15 is 0 Å². The molecule has 1 saturated heterocycles. The molecule has 1 heterocycles. The first-order valence-electron chi connectivity index (χ1n) is 5.65. The topological polar surface area (TPSA) is 66.6 Å². The maximum absolute atomic E-state index is 13.2. The van der Waals surface area contributed by atoms with E-state index in [2.05, 4.69) is 0 Å². The highest BCUT2D eigenvalue weighted by atomic mass is 32.2. The fourth-order valence-electron chi connectivity index (χ4n) is 1.90. The smallest absolute Gasteiger partial charge is 0.245 e. The lowest BCUT2D eigenvalue weighted by molar-refractivity contribution is 0.222. The Bertz CT molecular complexity index is 539. The van der Waals surface area contributed by atoms with Crippen LogP contribution in [0.1, 0.15) is 0 Å². The highest BCUT2D eigenvalue weighted by Crippen LogP contribution is 2.23. The molecule has 0 amide bonds. The van der Waals surface area contributed by atoms with Crippen molar-refractivity contribution in [2.45, 2.75) is 4.90 Å². The molecule has 7 heteroatoms. The van der Waals surface area contributed by atoms with Gasteiger partial charge in [0.2, 0.25) is 10.0 Å². The summed E-state index contributed by atoms with van der Waals surface area (Å²) in [5, 5.41) is 0. The van der Waals surface area contributed by atoms with Crippen LogP contribution in [0.2, 0.25) is 0 Å². The standard InChI is InChI=1S/C11H16FN3O2S/c1-14-4-6-15(7-5-14)18(16,17)11-8-9(12)2-3-10(11)13/h2-3,8H,4-7,13H2,1H3. The van der Waals surface area contributed by atoms with E-state index in [0.717, 1.165) is 12.1 Å². The monoisotopic (exact) mass is 273 g/mol. The molecule has 2 rings (SSSR count). The average molecular weight is 273 g/mol. The number of likely N-dealkylation sites (N-methyl/N-ethyl adjacent to an activating group) is 1. The van der Waals surface area contributed by atoms with Crippen LogP contribution in [0.25, 0.3) is 0 Å². The molecule has 1 aromatic rings. The van der Waals surface area contributed by atoms with E-state index in [9.17, 15) is 12.8 Å². The van der Waals surface area contributed by atoms with Crippen molar-refractivity contribution in [3.8, 4) is 0 Å². The van der Waals surface area contributed by atoms with E-state index in [-0.39, 0.29) is 10.6 Å². The molecule has 2 N–H and O–H groups in total. The predicted octanol–water partition coefficient (Wildman–Crippen LogP) is 0.344. The van der Waals surface area contributed by atoms with Crippen LogP contribution in [0.4, 0.5) is 10.1 Å². The molecule has 0 aromatic heterocycles. The molecule has 1 aliphatic rings. The van der Waals surface area contributed by atoms with Crippen molar-refractivity contribution in [1.82, 2.24) is 9.21 Å². The number of anilines is 1. The summed E-state index contributed by atoms with van der Waals surface area (Å²) in [5.41, 5.74) is 5.71. The summed E-state index contributed by atoms with van der Waals surface area (Å²) in [6, 6.07) is 3.40. The van der Waals surface area contributed by atoms with Crippen molar-refractivity contribution in [3.05, 3.63) is 24.0 Å². The number of halogens is 1. The molecule has 5 nitrogen and oxygen atoms in total. The molecule has 1 fully saturated rings. The Morgan fingerprint density at radius 3 is 2.44 bits per heavy atom. The van der Waals surface area contributed by atoms with Gasteiger partial charge < -0.3 is 10.6 Å². The minimum Gasteiger partial charge on any atom is -0.398 e. The van der Waals surface area contributed by atoms with E-state index in [1.54, 1.807) is 0 Å². The molecule has 100 valence electrons. The van der Waals surface area contributed by atoms with Gasteiger partial charge in [-0.1, -0.05) is 0 Å². The Morgan fingerprint density at radius 2 is 1.83 bits per heavy atom. The number of nitrogen functional groups attached to an aromatic ring is 1. The maximum Gasteiger partial charge on any atom is 0.245 e. The molecule has 0 unspecified atom stereocenters. The fourth-order valence-corrected chi connectivity index (χ4v) is 3.45. The van der Waals surface area contributed by atoms with Crippen molar-refractivity contribution < 1.29 is 12.8 Å². The SMILES string of the molecule is CN1CCN(S(=O)(=O)c2cc(F)ccc2N)CC1. The number of benzene rings is 1. The number of nitrogens with two attached hydrogens (primary N) is 1. The minimum absolute atomic E-state index is 0.0790. The summed E-state index contributed by atoms with van der Waals surface area (Å²) in [7, 11) is -1.77. The van der Waals surface area contributed by atoms with E-state index < -0.39 is 15.8 Å². The number of piperazine rings is 1. The molecule has 0 atom stereocenters. The van der Waals surface area contributed by atoms with Crippen LogP contribution in [-0.4, -0.2) is 50.8 Å². The Hall–Kier alpha value is -1.18. The molecule has 18 heavy (non-hydrogen) atoms. The number of hydrogen-bond donors (Lipinski definition) is 1. The third kappa shape index (κ3) is 2.47. The van der Waals surface area contributed by atoms with Gasteiger partial charge in [0.25, 0.3) is 0 Å². The van der Waals surface area contributed by atoms with E-state index in [1.165, 1.54) is 10.4 Å². The number of hydrogen-bond acceptors (Lipinski definition) is 4. The molecule has 1 aromatic carbocycles. The molecule has 0 bridgehead atoms. The van der Waals surface area contributed by atoms with Crippen molar-refractivity contribution in [2.75, 3.05) is 39.0 Å². The Labute approximate surface area is 106 Å². The zero-order chi connectivity index (χ0) is 13.3. The molecular weight excluding hydrogens is 257 g/mol. The van der Waals surface area contributed by atoms with Crippen LogP contribution in [0.3, 0.4) is 0 Å². The number of sulfonamides is 1. The van der Waals surface area contributed by atoms with Gasteiger partial charge in [-0.2, -0.15) is 4.31 Å². The first-order valence-corrected chi connectivity index (χ1v) is 7.09.